The Labute approximate surface area is 135 Å². The van der Waals surface area contributed by atoms with E-state index in [2.05, 4.69) is 29.1 Å². The Bertz CT molecular complexity index is 241. The number of nitrogens with one attached hydrogen (secondary N) is 1. The van der Waals surface area contributed by atoms with Gasteiger partial charge in [-0.05, 0) is 39.0 Å². The standard InChI is InChI=1S/C14H29N3O.HI/c1-4-15-14(16-9-6-12-18-5-2)17-10-7-13(3)8-11-17;/h13H,4-12H2,1-3H3,(H,15,16);1H. The Morgan fingerprint density at radius 3 is 2.58 bits per heavy atom. The van der Waals surface area contributed by atoms with Crippen LogP contribution in [0.4, 0.5) is 0 Å². The van der Waals surface area contributed by atoms with E-state index in [0.717, 1.165) is 57.7 Å². The molecular formula is C14H30IN3O. The molecule has 4 nitrogen and oxygen atoms in total. The van der Waals surface area contributed by atoms with E-state index < -0.39 is 0 Å². The fourth-order valence-corrected chi connectivity index (χ4v) is 2.14. The molecule has 0 aliphatic carbocycles. The van der Waals surface area contributed by atoms with Gasteiger partial charge in [0.05, 0.1) is 0 Å². The van der Waals surface area contributed by atoms with E-state index in [0.29, 0.717) is 0 Å². The summed E-state index contributed by atoms with van der Waals surface area (Å²) in [5, 5.41) is 3.39. The highest BCUT2D eigenvalue weighted by Crippen LogP contribution is 2.15. The molecule has 1 heterocycles. The van der Waals surface area contributed by atoms with Crippen molar-refractivity contribution in [1.29, 1.82) is 0 Å². The Hall–Kier alpha value is -0.0400. The first-order chi connectivity index (χ1) is 8.77. The number of piperidine rings is 1. The molecule has 0 atom stereocenters. The van der Waals surface area contributed by atoms with E-state index in [1.54, 1.807) is 0 Å². The van der Waals surface area contributed by atoms with E-state index in [-0.39, 0.29) is 24.0 Å². The van der Waals surface area contributed by atoms with Crippen LogP contribution in [0.2, 0.25) is 0 Å². The molecule has 0 aromatic carbocycles. The molecule has 0 saturated carbocycles. The molecule has 1 aliphatic rings. The Morgan fingerprint density at radius 1 is 1.32 bits per heavy atom. The highest BCUT2D eigenvalue weighted by atomic mass is 127. The molecule has 0 unspecified atom stereocenters. The molecule has 0 amide bonds. The minimum Gasteiger partial charge on any atom is -0.382 e. The summed E-state index contributed by atoms with van der Waals surface area (Å²) < 4.78 is 5.33. The van der Waals surface area contributed by atoms with Crippen LogP contribution in [0.5, 0.6) is 0 Å². The minimum atomic E-state index is 0. The van der Waals surface area contributed by atoms with Crippen molar-refractivity contribution in [2.45, 2.75) is 40.0 Å². The van der Waals surface area contributed by atoms with Gasteiger partial charge in [0.1, 0.15) is 0 Å². The second-order valence-electron chi connectivity index (χ2n) is 4.96. The SMILES string of the molecule is CCNC(=NCCCOCC)N1CCC(C)CC1.I. The summed E-state index contributed by atoms with van der Waals surface area (Å²) in [6.07, 6.45) is 3.57. The van der Waals surface area contributed by atoms with Crippen LogP contribution < -0.4 is 5.32 Å². The number of aliphatic imine (C=N–C) groups is 1. The summed E-state index contributed by atoms with van der Waals surface area (Å²) in [6.45, 7) is 12.2. The second kappa shape index (κ2) is 11.8. The van der Waals surface area contributed by atoms with Crippen molar-refractivity contribution in [3.05, 3.63) is 0 Å². The minimum absolute atomic E-state index is 0. The van der Waals surface area contributed by atoms with Gasteiger partial charge in [0.15, 0.2) is 5.96 Å². The zero-order chi connectivity index (χ0) is 13.2. The van der Waals surface area contributed by atoms with Crippen LogP contribution in [0, 0.1) is 5.92 Å². The molecule has 114 valence electrons. The first-order valence-corrected chi connectivity index (χ1v) is 7.38. The molecule has 0 spiro atoms. The maximum absolute atomic E-state index is 5.33. The van der Waals surface area contributed by atoms with Crippen LogP contribution in [0.1, 0.15) is 40.0 Å². The Morgan fingerprint density at radius 2 is 2.00 bits per heavy atom. The maximum atomic E-state index is 5.33. The molecule has 1 N–H and O–H groups in total. The summed E-state index contributed by atoms with van der Waals surface area (Å²) in [6, 6.07) is 0. The summed E-state index contributed by atoms with van der Waals surface area (Å²) in [7, 11) is 0. The van der Waals surface area contributed by atoms with Crippen molar-refractivity contribution < 1.29 is 4.74 Å². The molecule has 1 saturated heterocycles. The van der Waals surface area contributed by atoms with E-state index >= 15 is 0 Å². The van der Waals surface area contributed by atoms with Gasteiger partial charge in [0.25, 0.3) is 0 Å². The van der Waals surface area contributed by atoms with Crippen LogP contribution >= 0.6 is 24.0 Å². The molecule has 0 bridgehead atoms. The average Bonchev–Trinajstić information content (AvgIpc) is 2.38. The van der Waals surface area contributed by atoms with Gasteiger partial charge in [-0.25, -0.2) is 0 Å². The first-order valence-electron chi connectivity index (χ1n) is 7.38. The fourth-order valence-electron chi connectivity index (χ4n) is 2.14. The summed E-state index contributed by atoms with van der Waals surface area (Å²) in [5.74, 6) is 1.95. The molecule has 0 aromatic heterocycles. The summed E-state index contributed by atoms with van der Waals surface area (Å²) in [4.78, 5) is 7.08. The van der Waals surface area contributed by atoms with Gasteiger partial charge in [-0.2, -0.15) is 0 Å². The van der Waals surface area contributed by atoms with Gasteiger partial charge in [-0.1, -0.05) is 6.92 Å². The zero-order valence-corrected chi connectivity index (χ0v) is 15.0. The van der Waals surface area contributed by atoms with Gasteiger partial charge in [-0.15, -0.1) is 24.0 Å². The van der Waals surface area contributed by atoms with Crippen LogP contribution in [-0.2, 0) is 4.74 Å². The molecule has 1 aliphatic heterocycles. The first kappa shape index (κ1) is 19.0. The van der Waals surface area contributed by atoms with Crippen molar-refractivity contribution in [2.24, 2.45) is 10.9 Å². The van der Waals surface area contributed by atoms with E-state index in [1.165, 1.54) is 12.8 Å². The lowest BCUT2D eigenvalue weighted by atomic mass is 10.00. The molecule has 5 heteroatoms. The molecule has 19 heavy (non-hydrogen) atoms. The van der Waals surface area contributed by atoms with Crippen molar-refractivity contribution >= 4 is 29.9 Å². The third-order valence-electron chi connectivity index (χ3n) is 3.33. The molecular weight excluding hydrogens is 353 g/mol. The van der Waals surface area contributed by atoms with Gasteiger partial charge in [0, 0.05) is 39.4 Å². The van der Waals surface area contributed by atoms with Gasteiger partial charge in [0.2, 0.25) is 0 Å². The van der Waals surface area contributed by atoms with Crippen LogP contribution in [0.15, 0.2) is 4.99 Å². The quantitative estimate of drug-likeness (QED) is 0.332. The Balaban J connectivity index is 0.00000324. The maximum Gasteiger partial charge on any atom is 0.193 e. The number of guanidine groups is 1. The molecule has 1 rings (SSSR count). The third-order valence-corrected chi connectivity index (χ3v) is 3.33. The predicted octanol–water partition coefficient (Wildman–Crippen LogP) is 2.73. The lowest BCUT2D eigenvalue weighted by molar-refractivity contribution is 0.146. The lowest BCUT2D eigenvalue weighted by Gasteiger charge is -2.33. The van der Waals surface area contributed by atoms with Crippen LogP contribution in [-0.4, -0.2) is 50.3 Å². The monoisotopic (exact) mass is 383 g/mol. The van der Waals surface area contributed by atoms with Crippen molar-refractivity contribution in [2.75, 3.05) is 39.4 Å². The number of rotatable bonds is 6. The van der Waals surface area contributed by atoms with Gasteiger partial charge in [-0.3, -0.25) is 4.99 Å². The fraction of sp³-hybridized carbons (Fsp3) is 0.929. The average molecular weight is 383 g/mol. The van der Waals surface area contributed by atoms with Gasteiger partial charge < -0.3 is 15.0 Å². The summed E-state index contributed by atoms with van der Waals surface area (Å²) >= 11 is 0. The second-order valence-corrected chi connectivity index (χ2v) is 4.96. The smallest absolute Gasteiger partial charge is 0.193 e. The van der Waals surface area contributed by atoms with E-state index in [4.69, 9.17) is 4.74 Å². The number of likely N-dealkylation sites (tertiary alicyclic amines) is 1. The topological polar surface area (TPSA) is 36.9 Å². The Kier molecular flexibility index (Phi) is 11.7. The lowest BCUT2D eigenvalue weighted by Crippen LogP contribution is -2.45. The number of ether oxygens (including phenoxy) is 1. The third kappa shape index (κ3) is 7.97. The molecule has 0 radical (unpaired) electrons. The van der Waals surface area contributed by atoms with Crippen LogP contribution in [0.25, 0.3) is 0 Å². The summed E-state index contributed by atoms with van der Waals surface area (Å²) in [5.41, 5.74) is 0. The normalized spacial score (nSPS) is 17.2. The van der Waals surface area contributed by atoms with Crippen LogP contribution in [0.3, 0.4) is 0 Å². The number of nitrogens with zero attached hydrogens (tertiary/aromatic N) is 2. The van der Waals surface area contributed by atoms with Crippen molar-refractivity contribution in [1.82, 2.24) is 10.2 Å². The largest absolute Gasteiger partial charge is 0.382 e. The number of halogens is 1. The van der Waals surface area contributed by atoms with E-state index in [1.807, 2.05) is 6.92 Å². The number of hydrogen-bond acceptors (Lipinski definition) is 2. The zero-order valence-electron chi connectivity index (χ0n) is 12.7. The number of hydrogen-bond donors (Lipinski definition) is 1. The van der Waals surface area contributed by atoms with Gasteiger partial charge >= 0.3 is 0 Å². The van der Waals surface area contributed by atoms with Crippen molar-refractivity contribution in [3.63, 3.8) is 0 Å². The highest BCUT2D eigenvalue weighted by molar-refractivity contribution is 14.0. The highest BCUT2D eigenvalue weighted by Gasteiger charge is 2.18. The van der Waals surface area contributed by atoms with E-state index in [9.17, 15) is 0 Å². The predicted molar refractivity (Wildman–Crippen MR) is 92.5 cm³/mol. The molecule has 0 aromatic rings. The van der Waals surface area contributed by atoms with Crippen molar-refractivity contribution in [3.8, 4) is 0 Å². The molecule has 1 fully saturated rings.